The molecular weight excluding hydrogens is 188 g/mol. The largest absolute Gasteiger partial charge is 0.502 e. The first kappa shape index (κ1) is 9.80. The Balaban J connectivity index is 3.28. The number of hydrogen-bond acceptors (Lipinski definition) is 4. The molecule has 1 rings (SSSR count). The standard InChI is InChI=1S/C9H10O3S/c1-11-7-3-6(5-13)4-8(12-2)9(7)10/h3-5,10H,1-2H3. The van der Waals surface area contributed by atoms with Crippen molar-refractivity contribution in [3.63, 3.8) is 0 Å². The molecule has 0 aliphatic heterocycles. The van der Waals surface area contributed by atoms with Gasteiger partial charge in [-0.1, -0.05) is 12.2 Å². The fourth-order valence-electron chi connectivity index (χ4n) is 0.982. The monoisotopic (exact) mass is 198 g/mol. The molecule has 1 aromatic carbocycles. The van der Waals surface area contributed by atoms with Gasteiger partial charge in [-0.25, -0.2) is 0 Å². The molecule has 0 saturated heterocycles. The van der Waals surface area contributed by atoms with Gasteiger partial charge in [0.2, 0.25) is 5.75 Å². The van der Waals surface area contributed by atoms with Crippen molar-refractivity contribution in [3.05, 3.63) is 17.7 Å². The SMILES string of the molecule is COc1cc(C=S)cc(OC)c1O. The Morgan fingerprint density at radius 3 is 2.00 bits per heavy atom. The van der Waals surface area contributed by atoms with E-state index in [-0.39, 0.29) is 5.75 Å². The summed E-state index contributed by atoms with van der Waals surface area (Å²) in [7, 11) is 2.95. The summed E-state index contributed by atoms with van der Waals surface area (Å²) in [5.74, 6) is 0.705. The number of aromatic hydroxyl groups is 1. The molecule has 0 aromatic heterocycles. The van der Waals surface area contributed by atoms with Gasteiger partial charge in [0, 0.05) is 5.37 Å². The minimum atomic E-state index is -0.00870. The van der Waals surface area contributed by atoms with Crippen LogP contribution in [-0.4, -0.2) is 24.7 Å². The molecule has 0 aliphatic rings. The van der Waals surface area contributed by atoms with E-state index >= 15 is 0 Å². The third-order valence-corrected chi connectivity index (χ3v) is 1.91. The van der Waals surface area contributed by atoms with Gasteiger partial charge in [-0.3, -0.25) is 0 Å². The molecule has 4 heteroatoms. The molecule has 0 radical (unpaired) electrons. The number of phenols is 1. The van der Waals surface area contributed by atoms with Gasteiger partial charge in [-0.05, 0) is 17.7 Å². The van der Waals surface area contributed by atoms with Crippen LogP contribution in [0, 0.1) is 0 Å². The Morgan fingerprint density at radius 1 is 1.23 bits per heavy atom. The first-order valence-electron chi connectivity index (χ1n) is 3.63. The molecular formula is C9H10O3S. The highest BCUT2D eigenvalue weighted by atomic mass is 32.1. The molecule has 0 heterocycles. The lowest BCUT2D eigenvalue weighted by molar-refractivity contribution is 0.340. The van der Waals surface area contributed by atoms with Crippen LogP contribution in [0.2, 0.25) is 0 Å². The van der Waals surface area contributed by atoms with E-state index in [1.807, 2.05) is 0 Å². The van der Waals surface area contributed by atoms with Crippen LogP contribution >= 0.6 is 12.2 Å². The Kier molecular flexibility index (Phi) is 3.08. The maximum absolute atomic E-state index is 9.51. The van der Waals surface area contributed by atoms with Crippen molar-refractivity contribution in [2.75, 3.05) is 14.2 Å². The number of methoxy groups -OCH3 is 2. The molecule has 0 amide bonds. The van der Waals surface area contributed by atoms with Crippen LogP contribution in [-0.2, 0) is 0 Å². The Hall–Kier alpha value is -1.29. The van der Waals surface area contributed by atoms with Gasteiger partial charge in [0.25, 0.3) is 0 Å². The average molecular weight is 198 g/mol. The maximum Gasteiger partial charge on any atom is 0.200 e. The summed E-state index contributed by atoms with van der Waals surface area (Å²) in [6.45, 7) is 0. The molecule has 0 saturated carbocycles. The summed E-state index contributed by atoms with van der Waals surface area (Å²) in [5, 5.41) is 11.0. The number of phenolic OH excluding ortho intramolecular Hbond substituents is 1. The van der Waals surface area contributed by atoms with E-state index in [9.17, 15) is 5.11 Å². The number of rotatable bonds is 3. The Bertz CT molecular complexity index is 298. The maximum atomic E-state index is 9.51. The number of hydrogen-bond donors (Lipinski definition) is 1. The fourth-order valence-corrected chi connectivity index (χ4v) is 1.12. The molecule has 0 unspecified atom stereocenters. The average Bonchev–Trinajstić information content (AvgIpc) is 2.18. The van der Waals surface area contributed by atoms with E-state index in [1.54, 1.807) is 12.1 Å². The zero-order valence-corrected chi connectivity index (χ0v) is 8.22. The van der Waals surface area contributed by atoms with Crippen molar-refractivity contribution in [2.24, 2.45) is 0 Å². The highest BCUT2D eigenvalue weighted by molar-refractivity contribution is 7.79. The lowest BCUT2D eigenvalue weighted by Gasteiger charge is -2.08. The van der Waals surface area contributed by atoms with Crippen molar-refractivity contribution >= 4 is 17.6 Å². The topological polar surface area (TPSA) is 38.7 Å². The third kappa shape index (κ3) is 1.89. The summed E-state index contributed by atoms with van der Waals surface area (Å²) in [4.78, 5) is 0. The summed E-state index contributed by atoms with van der Waals surface area (Å²) in [5.41, 5.74) is 0.765. The fraction of sp³-hybridized carbons (Fsp3) is 0.222. The van der Waals surface area contributed by atoms with Gasteiger partial charge in [-0.2, -0.15) is 0 Å². The predicted octanol–water partition coefficient (Wildman–Crippen LogP) is 1.76. The molecule has 1 aromatic rings. The number of benzene rings is 1. The second-order valence-corrected chi connectivity index (χ2v) is 2.63. The van der Waals surface area contributed by atoms with E-state index in [1.165, 1.54) is 19.6 Å². The van der Waals surface area contributed by atoms with E-state index in [4.69, 9.17) is 21.7 Å². The predicted molar refractivity (Wildman–Crippen MR) is 54.0 cm³/mol. The minimum Gasteiger partial charge on any atom is -0.502 e. The molecule has 70 valence electrons. The minimum absolute atomic E-state index is 0.00870. The lowest BCUT2D eigenvalue weighted by Crippen LogP contribution is -1.91. The first-order valence-corrected chi connectivity index (χ1v) is 4.10. The molecule has 1 N–H and O–H groups in total. The van der Waals surface area contributed by atoms with Crippen LogP contribution in [0.4, 0.5) is 0 Å². The van der Waals surface area contributed by atoms with Gasteiger partial charge < -0.3 is 14.6 Å². The highest BCUT2D eigenvalue weighted by Gasteiger charge is 2.09. The van der Waals surface area contributed by atoms with Crippen LogP contribution in [0.25, 0.3) is 0 Å². The molecule has 3 nitrogen and oxygen atoms in total. The number of ether oxygens (including phenoxy) is 2. The van der Waals surface area contributed by atoms with Crippen molar-refractivity contribution in [3.8, 4) is 17.2 Å². The van der Waals surface area contributed by atoms with Crippen molar-refractivity contribution < 1.29 is 14.6 Å². The molecule has 0 aliphatic carbocycles. The summed E-state index contributed by atoms with van der Waals surface area (Å²) < 4.78 is 9.87. The second kappa shape index (κ2) is 4.09. The molecule has 0 bridgehead atoms. The molecule has 0 fully saturated rings. The van der Waals surface area contributed by atoms with E-state index in [0.29, 0.717) is 11.5 Å². The van der Waals surface area contributed by atoms with Crippen LogP contribution in [0.3, 0.4) is 0 Å². The van der Waals surface area contributed by atoms with Gasteiger partial charge >= 0.3 is 0 Å². The van der Waals surface area contributed by atoms with Gasteiger partial charge in [0.15, 0.2) is 11.5 Å². The molecule has 0 spiro atoms. The van der Waals surface area contributed by atoms with E-state index in [0.717, 1.165) is 5.56 Å². The van der Waals surface area contributed by atoms with Gasteiger partial charge in [0.1, 0.15) is 0 Å². The van der Waals surface area contributed by atoms with Crippen molar-refractivity contribution in [1.82, 2.24) is 0 Å². The highest BCUT2D eigenvalue weighted by Crippen LogP contribution is 2.36. The van der Waals surface area contributed by atoms with Gasteiger partial charge in [-0.15, -0.1) is 0 Å². The third-order valence-electron chi connectivity index (χ3n) is 1.64. The number of thiocarbonyl (C=S) groups is 1. The first-order chi connectivity index (χ1) is 6.22. The molecule has 13 heavy (non-hydrogen) atoms. The smallest absolute Gasteiger partial charge is 0.200 e. The molecule has 0 atom stereocenters. The Labute approximate surface area is 81.9 Å². The lowest BCUT2D eigenvalue weighted by atomic mass is 10.2. The summed E-state index contributed by atoms with van der Waals surface area (Å²) in [6, 6.07) is 3.29. The van der Waals surface area contributed by atoms with Crippen LogP contribution in [0.1, 0.15) is 5.56 Å². The van der Waals surface area contributed by atoms with Crippen LogP contribution in [0.5, 0.6) is 17.2 Å². The normalized spacial score (nSPS) is 9.38. The zero-order chi connectivity index (χ0) is 9.84. The quantitative estimate of drug-likeness (QED) is 0.751. The van der Waals surface area contributed by atoms with Crippen molar-refractivity contribution in [2.45, 2.75) is 0 Å². The zero-order valence-electron chi connectivity index (χ0n) is 7.40. The van der Waals surface area contributed by atoms with E-state index < -0.39 is 0 Å². The summed E-state index contributed by atoms with van der Waals surface area (Å²) >= 11 is 4.76. The van der Waals surface area contributed by atoms with E-state index in [2.05, 4.69) is 0 Å². The van der Waals surface area contributed by atoms with Gasteiger partial charge in [0.05, 0.1) is 14.2 Å². The summed E-state index contributed by atoms with van der Waals surface area (Å²) in [6.07, 6.45) is 0. The van der Waals surface area contributed by atoms with Crippen LogP contribution in [0.15, 0.2) is 12.1 Å². The van der Waals surface area contributed by atoms with Crippen molar-refractivity contribution in [1.29, 1.82) is 0 Å². The van der Waals surface area contributed by atoms with Crippen LogP contribution < -0.4 is 9.47 Å². The second-order valence-electron chi connectivity index (χ2n) is 2.39. The Morgan fingerprint density at radius 2 is 1.69 bits per heavy atom.